The van der Waals surface area contributed by atoms with Crippen LogP contribution in [0.2, 0.25) is 6.04 Å². The first-order valence-electron chi connectivity index (χ1n) is 12.0. The maximum atomic E-state index is 6.90. The van der Waals surface area contributed by atoms with E-state index in [1.165, 1.54) is 96.3 Å². The standard InChI is InChI=1S/C22H43NO3Si/c1-23-18-11-19-27(24-20-12-5-2-6-13-20,25-21-14-7-3-8-15-21)26-22-16-9-4-10-17-22/h20-23H,2-19H2,1H3. The van der Waals surface area contributed by atoms with Crippen LogP contribution in [0.4, 0.5) is 0 Å². The molecular weight excluding hydrogens is 354 g/mol. The summed E-state index contributed by atoms with van der Waals surface area (Å²) >= 11 is 0. The molecule has 27 heavy (non-hydrogen) atoms. The predicted molar refractivity (Wildman–Crippen MR) is 113 cm³/mol. The van der Waals surface area contributed by atoms with Crippen molar-refractivity contribution in [2.24, 2.45) is 0 Å². The van der Waals surface area contributed by atoms with Crippen molar-refractivity contribution in [2.45, 2.75) is 127 Å². The van der Waals surface area contributed by atoms with Gasteiger partial charge in [-0.1, -0.05) is 57.8 Å². The summed E-state index contributed by atoms with van der Waals surface area (Å²) in [6.45, 7) is 1.02. The van der Waals surface area contributed by atoms with Crippen LogP contribution in [0.3, 0.4) is 0 Å². The third kappa shape index (κ3) is 7.43. The molecule has 0 saturated heterocycles. The summed E-state index contributed by atoms with van der Waals surface area (Å²) in [5.41, 5.74) is 0. The lowest BCUT2D eigenvalue weighted by atomic mass is 9.98. The molecule has 0 atom stereocenters. The Morgan fingerprint density at radius 3 is 1.33 bits per heavy atom. The lowest BCUT2D eigenvalue weighted by Gasteiger charge is -2.41. The van der Waals surface area contributed by atoms with Gasteiger partial charge in [-0.25, -0.2) is 0 Å². The highest BCUT2D eigenvalue weighted by molar-refractivity contribution is 6.60. The third-order valence-corrected chi connectivity index (χ3v) is 9.65. The lowest BCUT2D eigenvalue weighted by molar-refractivity contribution is -0.0410. The second-order valence-corrected chi connectivity index (χ2v) is 11.6. The Morgan fingerprint density at radius 1 is 0.630 bits per heavy atom. The second kappa shape index (κ2) is 11.9. The second-order valence-electron chi connectivity index (χ2n) is 9.02. The quantitative estimate of drug-likeness (QED) is 0.386. The fourth-order valence-electron chi connectivity index (χ4n) is 5.05. The summed E-state index contributed by atoms with van der Waals surface area (Å²) in [6.07, 6.45) is 21.3. The molecule has 0 aromatic heterocycles. The van der Waals surface area contributed by atoms with E-state index in [4.69, 9.17) is 13.3 Å². The van der Waals surface area contributed by atoms with Gasteiger partial charge in [0.05, 0.1) is 0 Å². The Kier molecular flexibility index (Phi) is 9.60. The maximum absolute atomic E-state index is 6.90. The lowest BCUT2D eigenvalue weighted by Crippen LogP contribution is -2.53. The van der Waals surface area contributed by atoms with Gasteiger partial charge in [-0.3, -0.25) is 0 Å². The minimum atomic E-state index is -2.63. The highest BCUT2D eigenvalue weighted by Crippen LogP contribution is 2.34. The van der Waals surface area contributed by atoms with Gasteiger partial charge in [-0.2, -0.15) is 0 Å². The van der Waals surface area contributed by atoms with Crippen LogP contribution >= 0.6 is 0 Å². The average molecular weight is 398 g/mol. The molecule has 0 aromatic rings. The summed E-state index contributed by atoms with van der Waals surface area (Å²) in [7, 11) is -0.598. The van der Waals surface area contributed by atoms with Gasteiger partial charge >= 0.3 is 8.80 Å². The van der Waals surface area contributed by atoms with Crippen molar-refractivity contribution in [3.63, 3.8) is 0 Å². The van der Waals surface area contributed by atoms with Gasteiger partial charge in [0.1, 0.15) is 0 Å². The maximum Gasteiger partial charge on any atom is 0.501 e. The van der Waals surface area contributed by atoms with Crippen molar-refractivity contribution in [1.82, 2.24) is 5.32 Å². The highest BCUT2D eigenvalue weighted by atomic mass is 28.4. The first kappa shape index (κ1) is 21.8. The van der Waals surface area contributed by atoms with Crippen LogP contribution in [0.1, 0.15) is 103 Å². The van der Waals surface area contributed by atoms with Crippen LogP contribution in [0.5, 0.6) is 0 Å². The van der Waals surface area contributed by atoms with Crippen molar-refractivity contribution in [2.75, 3.05) is 13.6 Å². The molecule has 0 bridgehead atoms. The Balaban J connectivity index is 1.71. The fourth-order valence-corrected chi connectivity index (χ4v) is 8.41. The normalized spacial score (nSPS) is 24.3. The van der Waals surface area contributed by atoms with E-state index >= 15 is 0 Å². The molecule has 1 N–H and O–H groups in total. The van der Waals surface area contributed by atoms with Gasteiger partial charge in [0.15, 0.2) is 0 Å². The Hall–Kier alpha value is 0.0569. The van der Waals surface area contributed by atoms with Gasteiger partial charge in [-0.05, 0) is 58.5 Å². The molecule has 0 aliphatic heterocycles. The van der Waals surface area contributed by atoms with Gasteiger partial charge in [0.2, 0.25) is 0 Å². The summed E-state index contributed by atoms with van der Waals surface area (Å²) in [5.74, 6) is 0. The van der Waals surface area contributed by atoms with Gasteiger partial charge in [0, 0.05) is 24.4 Å². The number of hydrogen-bond acceptors (Lipinski definition) is 4. The van der Waals surface area contributed by atoms with Crippen molar-refractivity contribution < 1.29 is 13.3 Å². The molecule has 5 heteroatoms. The van der Waals surface area contributed by atoms with E-state index in [2.05, 4.69) is 5.32 Å². The van der Waals surface area contributed by atoms with E-state index in [9.17, 15) is 0 Å². The molecule has 0 amide bonds. The van der Waals surface area contributed by atoms with Crippen molar-refractivity contribution in [3.05, 3.63) is 0 Å². The van der Waals surface area contributed by atoms with Crippen LogP contribution in [-0.4, -0.2) is 40.7 Å². The zero-order valence-corrected chi connectivity index (χ0v) is 18.7. The van der Waals surface area contributed by atoms with Crippen molar-refractivity contribution in [1.29, 1.82) is 0 Å². The SMILES string of the molecule is CNCCC[Si](OC1CCCCC1)(OC1CCCCC1)OC1CCCCC1. The van der Waals surface area contributed by atoms with Crippen molar-refractivity contribution >= 4 is 8.80 Å². The molecule has 0 heterocycles. The van der Waals surface area contributed by atoms with E-state index in [-0.39, 0.29) is 0 Å². The third-order valence-electron chi connectivity index (χ3n) is 6.61. The van der Waals surface area contributed by atoms with Gasteiger partial charge in [-0.15, -0.1) is 0 Å². The van der Waals surface area contributed by atoms with E-state index in [1.54, 1.807) is 0 Å². The zero-order valence-electron chi connectivity index (χ0n) is 17.7. The zero-order chi connectivity index (χ0) is 18.8. The van der Waals surface area contributed by atoms with Crippen LogP contribution in [0.15, 0.2) is 0 Å². The number of hydrogen-bond donors (Lipinski definition) is 1. The molecule has 158 valence electrons. The fraction of sp³-hybridized carbons (Fsp3) is 1.00. The largest absolute Gasteiger partial charge is 0.501 e. The Labute approximate surface area is 168 Å². The summed E-state index contributed by atoms with van der Waals surface area (Å²) < 4.78 is 20.7. The van der Waals surface area contributed by atoms with Crippen LogP contribution < -0.4 is 5.32 Å². The monoisotopic (exact) mass is 397 g/mol. The first-order chi connectivity index (χ1) is 13.3. The molecule has 0 radical (unpaired) electrons. The Bertz CT molecular complexity index is 341. The van der Waals surface area contributed by atoms with Crippen molar-refractivity contribution in [3.8, 4) is 0 Å². The molecule has 0 aromatic carbocycles. The van der Waals surface area contributed by atoms with E-state index in [1.807, 2.05) is 7.05 Å². The molecule has 3 aliphatic carbocycles. The molecule has 3 saturated carbocycles. The smallest absolute Gasteiger partial charge is 0.370 e. The molecule has 4 nitrogen and oxygen atoms in total. The molecular formula is C22H43NO3Si. The molecule has 3 fully saturated rings. The Morgan fingerprint density at radius 2 is 1.00 bits per heavy atom. The van der Waals surface area contributed by atoms with Crippen LogP contribution in [-0.2, 0) is 13.3 Å². The summed E-state index contributed by atoms with van der Waals surface area (Å²) in [4.78, 5) is 0. The minimum absolute atomic E-state index is 0.368. The van der Waals surface area contributed by atoms with E-state index in [0.29, 0.717) is 18.3 Å². The molecule has 3 rings (SSSR count). The van der Waals surface area contributed by atoms with Gasteiger partial charge in [0.25, 0.3) is 0 Å². The van der Waals surface area contributed by atoms with Crippen LogP contribution in [0, 0.1) is 0 Å². The van der Waals surface area contributed by atoms with E-state index in [0.717, 1.165) is 19.0 Å². The number of nitrogens with one attached hydrogen (secondary N) is 1. The molecule has 0 unspecified atom stereocenters. The van der Waals surface area contributed by atoms with Crippen LogP contribution in [0.25, 0.3) is 0 Å². The highest BCUT2D eigenvalue weighted by Gasteiger charge is 2.47. The topological polar surface area (TPSA) is 39.7 Å². The summed E-state index contributed by atoms with van der Waals surface area (Å²) in [5, 5.41) is 3.31. The van der Waals surface area contributed by atoms with Gasteiger partial charge < -0.3 is 18.6 Å². The number of rotatable bonds is 10. The summed E-state index contributed by atoms with van der Waals surface area (Å²) in [6, 6.07) is 0.983. The average Bonchev–Trinajstić information content (AvgIpc) is 2.70. The van der Waals surface area contributed by atoms with E-state index < -0.39 is 8.80 Å². The first-order valence-corrected chi connectivity index (χ1v) is 13.9. The predicted octanol–water partition coefficient (Wildman–Crippen LogP) is 5.58. The minimum Gasteiger partial charge on any atom is -0.370 e. The molecule has 3 aliphatic rings. The molecule has 0 spiro atoms.